The van der Waals surface area contributed by atoms with Crippen molar-refractivity contribution in [3.05, 3.63) is 70.5 Å². The van der Waals surface area contributed by atoms with Crippen molar-refractivity contribution in [2.75, 3.05) is 17.7 Å². The minimum atomic E-state index is 0.460. The number of anilines is 2. The van der Waals surface area contributed by atoms with Crippen LogP contribution in [0.5, 0.6) is 5.75 Å². The molecule has 3 rings (SSSR count). The van der Waals surface area contributed by atoms with Gasteiger partial charge in [-0.3, -0.25) is 4.68 Å². The molecule has 0 amide bonds. The third-order valence-electron chi connectivity index (χ3n) is 4.06. The summed E-state index contributed by atoms with van der Waals surface area (Å²) in [6, 6.07) is 15.5. The van der Waals surface area contributed by atoms with E-state index in [0.717, 1.165) is 23.6 Å². The molecule has 27 heavy (non-hydrogen) atoms. The molecular formula is C20H21ClN4OS. The summed E-state index contributed by atoms with van der Waals surface area (Å²) < 4.78 is 7.31. The van der Waals surface area contributed by atoms with Gasteiger partial charge in [-0.05, 0) is 68.0 Å². The van der Waals surface area contributed by atoms with Crippen LogP contribution in [0.4, 0.5) is 11.4 Å². The van der Waals surface area contributed by atoms with E-state index in [1.807, 2.05) is 23.7 Å². The largest absolute Gasteiger partial charge is 0.495 e. The summed E-state index contributed by atoms with van der Waals surface area (Å²) in [7, 11) is 1.60. The van der Waals surface area contributed by atoms with E-state index in [4.69, 9.17) is 28.6 Å². The van der Waals surface area contributed by atoms with Crippen molar-refractivity contribution in [1.29, 1.82) is 0 Å². The van der Waals surface area contributed by atoms with Crippen LogP contribution in [-0.2, 0) is 6.54 Å². The number of halogens is 1. The van der Waals surface area contributed by atoms with Crippen molar-refractivity contribution in [2.24, 2.45) is 0 Å². The Labute approximate surface area is 169 Å². The standard InChI is InChI=1S/C20H21ClN4OS/c1-13-10-14(2)25(24-13)12-15-4-7-17(8-5-15)22-20(27)23-18-11-16(21)6-9-19(18)26-3/h4-11H,12H2,1-3H3,(H2,22,23,27). The van der Waals surface area contributed by atoms with E-state index in [2.05, 4.69) is 40.9 Å². The number of hydrogen-bond acceptors (Lipinski definition) is 3. The fourth-order valence-corrected chi connectivity index (χ4v) is 3.16. The molecule has 1 aromatic heterocycles. The molecule has 0 aliphatic carbocycles. The van der Waals surface area contributed by atoms with Gasteiger partial charge in [-0.15, -0.1) is 0 Å². The molecule has 0 aliphatic heterocycles. The summed E-state index contributed by atoms with van der Waals surface area (Å²) in [5.41, 5.74) is 4.95. The van der Waals surface area contributed by atoms with Crippen molar-refractivity contribution in [3.8, 4) is 5.75 Å². The zero-order valence-corrected chi connectivity index (χ0v) is 17.0. The van der Waals surface area contributed by atoms with Gasteiger partial charge in [0.05, 0.1) is 25.0 Å². The van der Waals surface area contributed by atoms with Crippen LogP contribution in [-0.4, -0.2) is 22.0 Å². The minimum Gasteiger partial charge on any atom is -0.495 e. The number of aromatic nitrogens is 2. The maximum Gasteiger partial charge on any atom is 0.175 e. The maximum absolute atomic E-state index is 6.05. The average molecular weight is 401 g/mol. The third kappa shape index (κ3) is 4.99. The molecule has 0 saturated heterocycles. The Morgan fingerprint density at radius 1 is 1.11 bits per heavy atom. The summed E-state index contributed by atoms with van der Waals surface area (Å²) in [6.07, 6.45) is 0. The second-order valence-electron chi connectivity index (χ2n) is 6.21. The monoisotopic (exact) mass is 400 g/mol. The van der Waals surface area contributed by atoms with Gasteiger partial charge in [0, 0.05) is 16.4 Å². The number of aryl methyl sites for hydroxylation is 2. The first-order valence-corrected chi connectivity index (χ1v) is 9.25. The van der Waals surface area contributed by atoms with E-state index in [0.29, 0.717) is 21.6 Å². The number of nitrogens with one attached hydrogen (secondary N) is 2. The van der Waals surface area contributed by atoms with Crippen LogP contribution >= 0.6 is 23.8 Å². The van der Waals surface area contributed by atoms with Crippen LogP contribution in [0, 0.1) is 13.8 Å². The molecule has 2 N–H and O–H groups in total. The molecule has 1 heterocycles. The second-order valence-corrected chi connectivity index (χ2v) is 7.05. The van der Waals surface area contributed by atoms with Crippen LogP contribution < -0.4 is 15.4 Å². The molecule has 0 bridgehead atoms. The molecule has 0 unspecified atom stereocenters. The van der Waals surface area contributed by atoms with Gasteiger partial charge < -0.3 is 15.4 Å². The quantitative estimate of drug-likeness (QED) is 0.589. The highest BCUT2D eigenvalue weighted by molar-refractivity contribution is 7.80. The van der Waals surface area contributed by atoms with Crippen LogP contribution in [0.2, 0.25) is 5.02 Å². The normalized spacial score (nSPS) is 10.5. The maximum atomic E-state index is 6.05. The molecule has 0 fully saturated rings. The fraction of sp³-hybridized carbons (Fsp3) is 0.200. The van der Waals surface area contributed by atoms with Gasteiger partial charge in [0.1, 0.15) is 5.75 Å². The van der Waals surface area contributed by atoms with Gasteiger partial charge in [-0.25, -0.2) is 0 Å². The van der Waals surface area contributed by atoms with E-state index in [-0.39, 0.29) is 0 Å². The molecule has 5 nitrogen and oxygen atoms in total. The lowest BCUT2D eigenvalue weighted by Crippen LogP contribution is -2.19. The number of rotatable bonds is 5. The molecule has 7 heteroatoms. The number of benzene rings is 2. The lowest BCUT2D eigenvalue weighted by atomic mass is 10.2. The van der Waals surface area contributed by atoms with Gasteiger partial charge >= 0.3 is 0 Å². The Kier molecular flexibility index (Phi) is 5.98. The number of methoxy groups -OCH3 is 1. The number of hydrogen-bond donors (Lipinski definition) is 2. The number of nitrogens with zero attached hydrogens (tertiary/aromatic N) is 2. The van der Waals surface area contributed by atoms with Gasteiger partial charge in [0.15, 0.2) is 5.11 Å². The van der Waals surface area contributed by atoms with Crippen molar-refractivity contribution < 1.29 is 4.74 Å². The predicted octanol–water partition coefficient (Wildman–Crippen LogP) is 5.02. The molecular weight excluding hydrogens is 380 g/mol. The second kappa shape index (κ2) is 8.41. The zero-order valence-electron chi connectivity index (χ0n) is 15.4. The smallest absolute Gasteiger partial charge is 0.175 e. The Bertz CT molecular complexity index is 953. The highest BCUT2D eigenvalue weighted by Crippen LogP contribution is 2.27. The highest BCUT2D eigenvalue weighted by atomic mass is 35.5. The van der Waals surface area contributed by atoms with Crippen molar-refractivity contribution >= 4 is 40.3 Å². The van der Waals surface area contributed by atoms with E-state index in [1.165, 1.54) is 5.56 Å². The Morgan fingerprint density at radius 3 is 2.48 bits per heavy atom. The summed E-state index contributed by atoms with van der Waals surface area (Å²) in [4.78, 5) is 0. The highest BCUT2D eigenvalue weighted by Gasteiger charge is 2.07. The van der Waals surface area contributed by atoms with E-state index >= 15 is 0 Å². The predicted molar refractivity (Wildman–Crippen MR) is 115 cm³/mol. The van der Waals surface area contributed by atoms with Gasteiger partial charge in [0.25, 0.3) is 0 Å². The van der Waals surface area contributed by atoms with Gasteiger partial charge in [-0.1, -0.05) is 23.7 Å². The van der Waals surface area contributed by atoms with E-state index in [1.54, 1.807) is 25.3 Å². The third-order valence-corrected chi connectivity index (χ3v) is 4.50. The Morgan fingerprint density at radius 2 is 1.85 bits per heavy atom. The van der Waals surface area contributed by atoms with E-state index in [9.17, 15) is 0 Å². The van der Waals surface area contributed by atoms with E-state index < -0.39 is 0 Å². The molecule has 0 aliphatic rings. The SMILES string of the molecule is COc1ccc(Cl)cc1NC(=S)Nc1ccc(Cn2nc(C)cc2C)cc1. The Hall–Kier alpha value is -2.57. The molecule has 140 valence electrons. The average Bonchev–Trinajstić information content (AvgIpc) is 2.94. The first kappa shape index (κ1) is 19.2. The molecule has 0 atom stereocenters. The molecule has 0 spiro atoms. The summed E-state index contributed by atoms with van der Waals surface area (Å²) in [6.45, 7) is 4.80. The van der Waals surface area contributed by atoms with Crippen LogP contribution in [0.15, 0.2) is 48.5 Å². The minimum absolute atomic E-state index is 0.460. The first-order chi connectivity index (χ1) is 12.9. The lowest BCUT2D eigenvalue weighted by Gasteiger charge is -2.14. The zero-order chi connectivity index (χ0) is 19.4. The van der Waals surface area contributed by atoms with Crippen molar-refractivity contribution in [3.63, 3.8) is 0 Å². The topological polar surface area (TPSA) is 51.1 Å². The molecule has 0 radical (unpaired) electrons. The number of thiocarbonyl (C=S) groups is 1. The van der Waals surface area contributed by atoms with Gasteiger partial charge in [0.2, 0.25) is 0 Å². The Balaban J connectivity index is 1.63. The lowest BCUT2D eigenvalue weighted by molar-refractivity contribution is 0.417. The van der Waals surface area contributed by atoms with Crippen LogP contribution in [0.3, 0.4) is 0 Å². The summed E-state index contributed by atoms with van der Waals surface area (Å²) >= 11 is 11.4. The molecule has 0 saturated carbocycles. The molecule has 3 aromatic rings. The van der Waals surface area contributed by atoms with Gasteiger partial charge in [-0.2, -0.15) is 5.10 Å². The van der Waals surface area contributed by atoms with Crippen LogP contribution in [0.1, 0.15) is 17.0 Å². The number of ether oxygens (including phenoxy) is 1. The molecule has 2 aromatic carbocycles. The van der Waals surface area contributed by atoms with Crippen LogP contribution in [0.25, 0.3) is 0 Å². The summed E-state index contributed by atoms with van der Waals surface area (Å²) in [5, 5.41) is 11.8. The summed E-state index contributed by atoms with van der Waals surface area (Å²) in [5.74, 6) is 0.670. The fourth-order valence-electron chi connectivity index (χ4n) is 2.76. The van der Waals surface area contributed by atoms with Crippen molar-refractivity contribution in [2.45, 2.75) is 20.4 Å². The first-order valence-electron chi connectivity index (χ1n) is 8.46. The van der Waals surface area contributed by atoms with Crippen molar-refractivity contribution in [1.82, 2.24) is 9.78 Å².